The van der Waals surface area contributed by atoms with E-state index < -0.39 is 5.97 Å². The average Bonchev–Trinajstić information content (AvgIpc) is 2.13. The summed E-state index contributed by atoms with van der Waals surface area (Å²) in [5.74, 6) is -0.172. The van der Waals surface area contributed by atoms with E-state index in [4.69, 9.17) is 5.11 Å². The highest BCUT2D eigenvalue weighted by atomic mass is 16.4. The minimum Gasteiger partial charge on any atom is -0.478 e. The van der Waals surface area contributed by atoms with Gasteiger partial charge in [-0.25, -0.2) is 14.8 Å². The number of aromatic nitrogens is 2. The number of hydrogen-bond donors (Lipinski definition) is 1. The van der Waals surface area contributed by atoms with Crippen molar-refractivity contribution in [2.24, 2.45) is 0 Å². The van der Waals surface area contributed by atoms with Crippen molar-refractivity contribution in [3.05, 3.63) is 23.3 Å². The first-order chi connectivity index (χ1) is 7.03. The highest BCUT2D eigenvalue weighted by Gasteiger charge is 2.36. The monoisotopic (exact) mass is 206 g/mol. The molecule has 0 aromatic carbocycles. The molecule has 4 nitrogen and oxygen atoms in total. The van der Waals surface area contributed by atoms with Crippen LogP contribution in [0.5, 0.6) is 0 Å². The molecule has 1 aromatic heterocycles. The van der Waals surface area contributed by atoms with Crippen LogP contribution in [0, 0.1) is 6.92 Å². The Labute approximate surface area is 88.4 Å². The van der Waals surface area contributed by atoms with Gasteiger partial charge in [0.2, 0.25) is 0 Å². The van der Waals surface area contributed by atoms with Gasteiger partial charge in [0.05, 0.1) is 11.3 Å². The molecule has 0 bridgehead atoms. The molecule has 1 fully saturated rings. The number of carboxylic acids is 1. The predicted octanol–water partition coefficient (Wildman–Crippen LogP) is 1.92. The van der Waals surface area contributed by atoms with Crippen LogP contribution in [0.25, 0.3) is 0 Å². The molecule has 0 unspecified atom stereocenters. The number of carboxylic acid groups (broad SMARTS) is 1. The third kappa shape index (κ3) is 1.60. The number of carbonyl (C=O) groups is 1. The third-order valence-electron chi connectivity index (χ3n) is 3.21. The molecule has 0 radical (unpaired) electrons. The van der Waals surface area contributed by atoms with E-state index in [0.29, 0.717) is 5.69 Å². The van der Waals surface area contributed by atoms with Gasteiger partial charge in [-0.1, -0.05) is 13.3 Å². The summed E-state index contributed by atoms with van der Waals surface area (Å²) in [5, 5.41) is 8.85. The second-order valence-corrected chi connectivity index (χ2v) is 4.41. The minimum atomic E-state index is -0.960. The van der Waals surface area contributed by atoms with Crippen molar-refractivity contribution in [1.29, 1.82) is 0 Å². The Bertz CT molecular complexity index is 411. The standard InChI is InChI=1S/C11H14N2O2/c1-7-8(9(14)15)6-12-10(13-7)11(2)4-3-5-11/h6H,3-5H2,1-2H3,(H,14,15). The van der Waals surface area contributed by atoms with Gasteiger partial charge in [-0.3, -0.25) is 0 Å². The van der Waals surface area contributed by atoms with Crippen LogP contribution in [-0.4, -0.2) is 21.0 Å². The molecule has 1 saturated carbocycles. The first kappa shape index (κ1) is 10.1. The summed E-state index contributed by atoms with van der Waals surface area (Å²) in [5.41, 5.74) is 0.823. The van der Waals surface area contributed by atoms with Crippen molar-refractivity contribution in [3.63, 3.8) is 0 Å². The van der Waals surface area contributed by atoms with Gasteiger partial charge in [0, 0.05) is 11.6 Å². The normalized spacial score (nSPS) is 18.3. The van der Waals surface area contributed by atoms with E-state index in [9.17, 15) is 4.79 Å². The Balaban J connectivity index is 2.37. The van der Waals surface area contributed by atoms with E-state index in [1.54, 1.807) is 6.92 Å². The van der Waals surface area contributed by atoms with E-state index in [1.165, 1.54) is 12.6 Å². The molecule has 4 heteroatoms. The van der Waals surface area contributed by atoms with Gasteiger partial charge < -0.3 is 5.11 Å². The first-order valence-electron chi connectivity index (χ1n) is 5.10. The Kier molecular flexibility index (Phi) is 2.21. The fourth-order valence-corrected chi connectivity index (χ4v) is 1.90. The molecule has 15 heavy (non-hydrogen) atoms. The van der Waals surface area contributed by atoms with Gasteiger partial charge in [0.15, 0.2) is 0 Å². The van der Waals surface area contributed by atoms with Gasteiger partial charge >= 0.3 is 5.97 Å². The maximum atomic E-state index is 10.8. The molecule has 0 aliphatic heterocycles. The number of rotatable bonds is 2. The number of hydrogen-bond acceptors (Lipinski definition) is 3. The Morgan fingerprint density at radius 1 is 1.53 bits per heavy atom. The molecule has 0 atom stereocenters. The minimum absolute atomic E-state index is 0.0712. The number of aryl methyl sites for hydroxylation is 1. The fraction of sp³-hybridized carbons (Fsp3) is 0.545. The molecule has 1 aliphatic rings. The average molecular weight is 206 g/mol. The molecular weight excluding hydrogens is 192 g/mol. The Hall–Kier alpha value is -1.45. The fourth-order valence-electron chi connectivity index (χ4n) is 1.90. The van der Waals surface area contributed by atoms with Gasteiger partial charge in [-0.15, -0.1) is 0 Å². The zero-order valence-electron chi connectivity index (χ0n) is 8.95. The molecule has 0 spiro atoms. The van der Waals surface area contributed by atoms with Crippen LogP contribution in [0.4, 0.5) is 0 Å². The predicted molar refractivity (Wildman–Crippen MR) is 54.9 cm³/mol. The quantitative estimate of drug-likeness (QED) is 0.803. The Morgan fingerprint density at radius 3 is 2.60 bits per heavy atom. The highest BCUT2D eigenvalue weighted by Crippen LogP contribution is 2.41. The molecule has 0 amide bonds. The SMILES string of the molecule is Cc1nc(C2(C)CCC2)ncc1C(=O)O. The van der Waals surface area contributed by atoms with Crippen molar-refractivity contribution in [2.45, 2.75) is 38.5 Å². The van der Waals surface area contributed by atoms with Gasteiger partial charge in [-0.05, 0) is 19.8 Å². The Morgan fingerprint density at radius 2 is 2.20 bits per heavy atom. The maximum Gasteiger partial charge on any atom is 0.339 e. The van der Waals surface area contributed by atoms with Crippen LogP contribution in [0.3, 0.4) is 0 Å². The van der Waals surface area contributed by atoms with E-state index in [-0.39, 0.29) is 11.0 Å². The van der Waals surface area contributed by atoms with Crippen LogP contribution in [0.1, 0.15) is 48.1 Å². The summed E-state index contributed by atoms with van der Waals surface area (Å²) >= 11 is 0. The lowest BCUT2D eigenvalue weighted by Crippen LogP contribution is -2.33. The van der Waals surface area contributed by atoms with E-state index in [0.717, 1.165) is 18.7 Å². The zero-order chi connectivity index (χ0) is 11.1. The molecule has 1 aromatic rings. The second-order valence-electron chi connectivity index (χ2n) is 4.41. The van der Waals surface area contributed by atoms with Crippen LogP contribution in [-0.2, 0) is 5.41 Å². The lowest BCUT2D eigenvalue weighted by Gasteiger charge is -2.36. The largest absolute Gasteiger partial charge is 0.478 e. The third-order valence-corrected chi connectivity index (χ3v) is 3.21. The summed E-state index contributed by atoms with van der Waals surface area (Å²) in [4.78, 5) is 19.2. The molecule has 1 heterocycles. The maximum absolute atomic E-state index is 10.8. The zero-order valence-corrected chi connectivity index (χ0v) is 8.95. The van der Waals surface area contributed by atoms with E-state index in [1.807, 2.05) is 0 Å². The molecule has 1 aliphatic carbocycles. The molecule has 2 rings (SSSR count). The topological polar surface area (TPSA) is 63.1 Å². The lowest BCUT2D eigenvalue weighted by atomic mass is 9.70. The summed E-state index contributed by atoms with van der Waals surface area (Å²) in [7, 11) is 0. The van der Waals surface area contributed by atoms with Crippen molar-refractivity contribution < 1.29 is 9.90 Å². The van der Waals surface area contributed by atoms with Gasteiger partial charge in [0.25, 0.3) is 0 Å². The summed E-state index contributed by atoms with van der Waals surface area (Å²) < 4.78 is 0. The highest BCUT2D eigenvalue weighted by molar-refractivity contribution is 5.88. The van der Waals surface area contributed by atoms with Gasteiger partial charge in [-0.2, -0.15) is 0 Å². The summed E-state index contributed by atoms with van der Waals surface area (Å²) in [6, 6.07) is 0. The van der Waals surface area contributed by atoms with Crippen LogP contribution in [0.15, 0.2) is 6.20 Å². The van der Waals surface area contributed by atoms with Crippen molar-refractivity contribution in [3.8, 4) is 0 Å². The van der Waals surface area contributed by atoms with Crippen LogP contribution in [0.2, 0.25) is 0 Å². The molecule has 0 saturated heterocycles. The van der Waals surface area contributed by atoms with Crippen molar-refractivity contribution in [1.82, 2.24) is 9.97 Å². The first-order valence-corrected chi connectivity index (χ1v) is 5.10. The van der Waals surface area contributed by atoms with Crippen LogP contribution < -0.4 is 0 Å². The van der Waals surface area contributed by atoms with Crippen molar-refractivity contribution in [2.75, 3.05) is 0 Å². The number of aromatic carboxylic acids is 1. The number of nitrogens with zero attached hydrogens (tertiary/aromatic N) is 2. The van der Waals surface area contributed by atoms with E-state index >= 15 is 0 Å². The second kappa shape index (κ2) is 3.29. The van der Waals surface area contributed by atoms with Gasteiger partial charge in [0.1, 0.15) is 5.82 Å². The smallest absolute Gasteiger partial charge is 0.339 e. The van der Waals surface area contributed by atoms with E-state index in [2.05, 4.69) is 16.9 Å². The molecule has 1 N–H and O–H groups in total. The summed E-state index contributed by atoms with van der Waals surface area (Å²) in [6.45, 7) is 3.85. The lowest BCUT2D eigenvalue weighted by molar-refractivity contribution is 0.0694. The van der Waals surface area contributed by atoms with Crippen molar-refractivity contribution >= 4 is 5.97 Å². The molecule has 80 valence electrons. The summed E-state index contributed by atoms with van der Waals surface area (Å²) in [6.07, 6.45) is 4.82. The molecular formula is C11H14N2O2. The van der Waals surface area contributed by atoms with Crippen LogP contribution >= 0.6 is 0 Å².